The summed E-state index contributed by atoms with van der Waals surface area (Å²) in [4.78, 5) is 15.4. The number of rotatable bonds is 4. The van der Waals surface area contributed by atoms with Gasteiger partial charge in [-0.3, -0.25) is 4.99 Å². The van der Waals surface area contributed by atoms with Crippen LogP contribution >= 0.6 is 0 Å². The third kappa shape index (κ3) is 3.68. The second-order valence-corrected chi connectivity index (χ2v) is 4.22. The van der Waals surface area contributed by atoms with Crippen molar-refractivity contribution in [1.82, 2.24) is 0 Å². The van der Waals surface area contributed by atoms with E-state index in [0.29, 0.717) is 13.2 Å². The first kappa shape index (κ1) is 13.3. The zero-order chi connectivity index (χ0) is 13.7. The normalized spacial score (nSPS) is 18.2. The number of carbonyl (C=O) groups is 1. The summed E-state index contributed by atoms with van der Waals surface area (Å²) in [6.07, 6.45) is 3.18. The Morgan fingerprint density at radius 1 is 1.47 bits per heavy atom. The van der Waals surface area contributed by atoms with Gasteiger partial charge in [0.15, 0.2) is 5.90 Å². The first-order chi connectivity index (χ1) is 9.19. The second kappa shape index (κ2) is 6.18. The van der Waals surface area contributed by atoms with Crippen LogP contribution in [0.3, 0.4) is 0 Å². The van der Waals surface area contributed by atoms with Gasteiger partial charge in [0.1, 0.15) is 6.10 Å². The highest BCUT2D eigenvalue weighted by Gasteiger charge is 2.18. The molecule has 4 nitrogen and oxygen atoms in total. The molecule has 19 heavy (non-hydrogen) atoms. The van der Waals surface area contributed by atoms with E-state index in [1.54, 1.807) is 13.0 Å². The predicted octanol–water partition coefficient (Wildman–Crippen LogP) is 2.75. The van der Waals surface area contributed by atoms with Crippen LogP contribution in [-0.4, -0.2) is 25.0 Å². The fraction of sp³-hybridized carbons (Fsp3) is 0.333. The summed E-state index contributed by atoms with van der Waals surface area (Å²) < 4.78 is 10.4. The summed E-state index contributed by atoms with van der Waals surface area (Å²) in [5.74, 6) is 0.408. The minimum atomic E-state index is -0.324. The Kier molecular flexibility index (Phi) is 4.34. The van der Waals surface area contributed by atoms with Crippen molar-refractivity contribution in [3.63, 3.8) is 0 Å². The lowest BCUT2D eigenvalue weighted by Gasteiger charge is -2.10. The molecule has 1 atom stereocenters. The molecule has 1 aromatic rings. The van der Waals surface area contributed by atoms with E-state index in [1.807, 2.05) is 31.2 Å². The molecule has 0 radical (unpaired) electrons. The lowest BCUT2D eigenvalue weighted by molar-refractivity contribution is -0.137. The van der Waals surface area contributed by atoms with E-state index >= 15 is 0 Å². The fourth-order valence-corrected chi connectivity index (χ4v) is 1.84. The van der Waals surface area contributed by atoms with E-state index in [1.165, 1.54) is 6.08 Å². The van der Waals surface area contributed by atoms with E-state index < -0.39 is 0 Å². The van der Waals surface area contributed by atoms with Crippen LogP contribution in [0.25, 0.3) is 6.08 Å². The van der Waals surface area contributed by atoms with Gasteiger partial charge in [-0.1, -0.05) is 24.3 Å². The van der Waals surface area contributed by atoms with E-state index in [-0.39, 0.29) is 12.1 Å². The predicted molar refractivity (Wildman–Crippen MR) is 73.9 cm³/mol. The van der Waals surface area contributed by atoms with Crippen LogP contribution < -0.4 is 0 Å². The Morgan fingerprint density at radius 2 is 2.21 bits per heavy atom. The lowest BCUT2D eigenvalue weighted by Crippen LogP contribution is -2.02. The molecular formula is C15H17NO3. The first-order valence-electron chi connectivity index (χ1n) is 6.31. The third-order valence-corrected chi connectivity index (χ3v) is 2.80. The average molecular weight is 259 g/mol. The van der Waals surface area contributed by atoms with E-state index in [4.69, 9.17) is 9.47 Å². The maximum Gasteiger partial charge on any atom is 0.330 e. The number of hydrogen-bond acceptors (Lipinski definition) is 4. The molecule has 0 aliphatic carbocycles. The van der Waals surface area contributed by atoms with Crippen LogP contribution in [0.5, 0.6) is 0 Å². The minimum Gasteiger partial charge on any atom is -0.471 e. The molecule has 1 aliphatic heterocycles. The van der Waals surface area contributed by atoms with Crippen molar-refractivity contribution in [2.75, 3.05) is 13.2 Å². The smallest absolute Gasteiger partial charge is 0.330 e. The summed E-state index contributed by atoms with van der Waals surface area (Å²) in [6.45, 7) is 4.70. The van der Waals surface area contributed by atoms with E-state index in [9.17, 15) is 4.79 Å². The zero-order valence-electron chi connectivity index (χ0n) is 11.1. The van der Waals surface area contributed by atoms with Gasteiger partial charge >= 0.3 is 5.97 Å². The number of hydrogen-bond donors (Lipinski definition) is 0. The zero-order valence-corrected chi connectivity index (χ0v) is 11.1. The van der Waals surface area contributed by atoms with Crippen molar-refractivity contribution in [2.45, 2.75) is 20.0 Å². The van der Waals surface area contributed by atoms with Gasteiger partial charge < -0.3 is 9.47 Å². The second-order valence-electron chi connectivity index (χ2n) is 4.22. The average Bonchev–Trinajstić information content (AvgIpc) is 2.84. The highest BCUT2D eigenvalue weighted by molar-refractivity contribution is 5.87. The van der Waals surface area contributed by atoms with E-state index in [2.05, 4.69) is 4.99 Å². The van der Waals surface area contributed by atoms with Crippen LogP contribution in [0.2, 0.25) is 0 Å². The molecule has 1 aliphatic rings. The van der Waals surface area contributed by atoms with Crippen molar-refractivity contribution < 1.29 is 14.3 Å². The van der Waals surface area contributed by atoms with E-state index in [0.717, 1.165) is 17.0 Å². The molecule has 0 saturated carbocycles. The lowest BCUT2D eigenvalue weighted by atomic mass is 10.1. The quantitative estimate of drug-likeness (QED) is 0.617. The van der Waals surface area contributed by atoms with Crippen molar-refractivity contribution in [3.8, 4) is 0 Å². The summed E-state index contributed by atoms with van der Waals surface area (Å²) >= 11 is 0. The number of carbonyl (C=O) groups excluding carboxylic acids is 1. The van der Waals surface area contributed by atoms with Gasteiger partial charge in [-0.2, -0.15) is 0 Å². The summed E-state index contributed by atoms with van der Waals surface area (Å²) in [6, 6.07) is 7.87. The summed E-state index contributed by atoms with van der Waals surface area (Å²) in [5, 5.41) is 0. The molecule has 0 bridgehead atoms. The van der Waals surface area contributed by atoms with Crippen LogP contribution in [-0.2, 0) is 14.3 Å². The number of ether oxygens (including phenoxy) is 2. The Hall–Kier alpha value is -2.10. The van der Waals surface area contributed by atoms with Gasteiger partial charge in [0.2, 0.25) is 0 Å². The maximum absolute atomic E-state index is 11.2. The molecule has 0 aromatic heterocycles. The third-order valence-electron chi connectivity index (χ3n) is 2.80. The maximum atomic E-state index is 11.2. The Balaban J connectivity index is 1.97. The van der Waals surface area contributed by atoms with Crippen molar-refractivity contribution in [2.24, 2.45) is 4.99 Å². The fourth-order valence-electron chi connectivity index (χ4n) is 1.84. The molecule has 1 aromatic carbocycles. The number of esters is 1. The molecule has 0 fully saturated rings. The van der Waals surface area contributed by atoms with Gasteiger partial charge in [0.05, 0.1) is 13.2 Å². The molecule has 100 valence electrons. The Bertz CT molecular complexity index is 503. The van der Waals surface area contributed by atoms with Crippen molar-refractivity contribution in [1.29, 1.82) is 0 Å². The summed E-state index contributed by atoms with van der Waals surface area (Å²) in [7, 11) is 0. The Labute approximate surface area is 112 Å². The molecule has 1 unspecified atom stereocenters. The highest BCUT2D eigenvalue weighted by Crippen LogP contribution is 2.23. The molecule has 0 saturated heterocycles. The van der Waals surface area contributed by atoms with Crippen LogP contribution in [0.15, 0.2) is 35.3 Å². The molecule has 0 spiro atoms. The molecule has 0 N–H and O–H groups in total. The number of aliphatic imine (C=N–C) groups is 1. The molecular weight excluding hydrogens is 242 g/mol. The van der Waals surface area contributed by atoms with Gasteiger partial charge in [-0.05, 0) is 24.1 Å². The topological polar surface area (TPSA) is 47.9 Å². The standard InChI is InChI=1S/C15H17NO3/c1-3-18-15(17)9-6-12-4-7-13(8-5-12)14-10-16-11(2)19-14/h4-9,14H,3,10H2,1-2H3/b9-6+. The summed E-state index contributed by atoms with van der Waals surface area (Å²) in [5.41, 5.74) is 2.04. The molecule has 1 heterocycles. The SMILES string of the molecule is CCOC(=O)/C=C/c1ccc(C2CN=C(C)O2)cc1. The largest absolute Gasteiger partial charge is 0.471 e. The van der Waals surface area contributed by atoms with Gasteiger partial charge in [-0.25, -0.2) is 4.79 Å². The van der Waals surface area contributed by atoms with Gasteiger partial charge in [0.25, 0.3) is 0 Å². The number of benzene rings is 1. The first-order valence-corrected chi connectivity index (χ1v) is 6.31. The minimum absolute atomic E-state index is 0.0167. The van der Waals surface area contributed by atoms with Crippen LogP contribution in [0.4, 0.5) is 0 Å². The molecule has 0 amide bonds. The number of nitrogens with zero attached hydrogens (tertiary/aromatic N) is 1. The monoisotopic (exact) mass is 259 g/mol. The molecule has 4 heteroatoms. The van der Waals surface area contributed by atoms with Crippen molar-refractivity contribution in [3.05, 3.63) is 41.5 Å². The highest BCUT2D eigenvalue weighted by atomic mass is 16.5. The van der Waals surface area contributed by atoms with Crippen LogP contribution in [0, 0.1) is 0 Å². The van der Waals surface area contributed by atoms with Crippen LogP contribution in [0.1, 0.15) is 31.1 Å². The molecule has 2 rings (SSSR count). The van der Waals surface area contributed by atoms with Crippen molar-refractivity contribution >= 4 is 17.9 Å². The Morgan fingerprint density at radius 3 is 2.79 bits per heavy atom. The van der Waals surface area contributed by atoms with Gasteiger partial charge in [-0.15, -0.1) is 0 Å². The van der Waals surface area contributed by atoms with Gasteiger partial charge in [0, 0.05) is 13.0 Å².